The number of rotatable bonds is 4. The molecule has 3 heteroatoms. The molecule has 1 aromatic heterocycles. The van der Waals surface area contributed by atoms with E-state index in [4.69, 9.17) is 0 Å². The minimum absolute atomic E-state index is 0.736. The Balaban J connectivity index is 1.99. The normalized spacial score (nSPS) is 16.1. The van der Waals surface area contributed by atoms with Gasteiger partial charge in [-0.2, -0.15) is 0 Å². The highest BCUT2D eigenvalue weighted by Gasteiger charge is 2.16. The van der Waals surface area contributed by atoms with E-state index in [0.29, 0.717) is 0 Å². The Morgan fingerprint density at radius 3 is 2.87 bits per heavy atom. The minimum atomic E-state index is 0.736. The summed E-state index contributed by atoms with van der Waals surface area (Å²) in [5.74, 6) is 1.07. The van der Waals surface area contributed by atoms with Crippen LogP contribution < -0.4 is 10.2 Å². The first-order chi connectivity index (χ1) is 7.27. The molecule has 82 valence electrons. The molecule has 0 unspecified atom stereocenters. The van der Waals surface area contributed by atoms with Crippen molar-refractivity contribution in [3.8, 4) is 0 Å². The molecular weight excluding hydrogens is 186 g/mol. The van der Waals surface area contributed by atoms with Gasteiger partial charge in [0.1, 0.15) is 5.82 Å². The van der Waals surface area contributed by atoms with Crippen molar-refractivity contribution in [2.75, 3.05) is 19.0 Å². The summed E-state index contributed by atoms with van der Waals surface area (Å²) in [6.07, 6.45) is 5.89. The SMILES string of the molecule is CN(C)c1ncccc1CNC1CCC1. The van der Waals surface area contributed by atoms with Gasteiger partial charge in [-0.1, -0.05) is 12.5 Å². The number of hydrogen-bond donors (Lipinski definition) is 1. The van der Waals surface area contributed by atoms with E-state index in [1.807, 2.05) is 26.4 Å². The van der Waals surface area contributed by atoms with Crippen molar-refractivity contribution in [3.05, 3.63) is 23.9 Å². The predicted molar refractivity (Wildman–Crippen MR) is 63.0 cm³/mol. The van der Waals surface area contributed by atoms with Crippen LogP contribution in [-0.2, 0) is 6.54 Å². The molecule has 15 heavy (non-hydrogen) atoms. The summed E-state index contributed by atoms with van der Waals surface area (Å²) in [6.45, 7) is 0.937. The molecule has 0 aromatic carbocycles. The Hall–Kier alpha value is -1.09. The minimum Gasteiger partial charge on any atom is -0.362 e. The van der Waals surface area contributed by atoms with Crippen LogP contribution in [0.15, 0.2) is 18.3 Å². The van der Waals surface area contributed by atoms with Crippen molar-refractivity contribution in [2.45, 2.75) is 31.8 Å². The summed E-state index contributed by atoms with van der Waals surface area (Å²) in [5, 5.41) is 3.56. The molecule has 0 saturated heterocycles. The first-order valence-electron chi connectivity index (χ1n) is 5.62. The molecule has 1 saturated carbocycles. The highest BCUT2D eigenvalue weighted by atomic mass is 15.1. The molecule has 1 aromatic rings. The highest BCUT2D eigenvalue weighted by molar-refractivity contribution is 5.45. The molecule has 3 nitrogen and oxygen atoms in total. The van der Waals surface area contributed by atoms with Crippen LogP contribution in [0.1, 0.15) is 24.8 Å². The molecule has 1 aliphatic carbocycles. The third-order valence-electron chi connectivity index (χ3n) is 2.98. The van der Waals surface area contributed by atoms with Crippen molar-refractivity contribution in [1.29, 1.82) is 0 Å². The van der Waals surface area contributed by atoms with Gasteiger partial charge < -0.3 is 10.2 Å². The smallest absolute Gasteiger partial charge is 0.132 e. The van der Waals surface area contributed by atoms with Crippen molar-refractivity contribution >= 4 is 5.82 Å². The summed E-state index contributed by atoms with van der Waals surface area (Å²) in [5.41, 5.74) is 1.29. The van der Waals surface area contributed by atoms with Gasteiger partial charge in [0, 0.05) is 38.4 Å². The Morgan fingerprint density at radius 2 is 2.27 bits per heavy atom. The Bertz CT molecular complexity index is 318. The van der Waals surface area contributed by atoms with Gasteiger partial charge in [-0.25, -0.2) is 4.98 Å². The van der Waals surface area contributed by atoms with E-state index in [9.17, 15) is 0 Å². The summed E-state index contributed by atoms with van der Waals surface area (Å²) < 4.78 is 0. The van der Waals surface area contributed by atoms with Crippen LogP contribution in [0, 0.1) is 0 Å². The van der Waals surface area contributed by atoms with E-state index in [-0.39, 0.29) is 0 Å². The number of aromatic nitrogens is 1. The average Bonchev–Trinajstić information content (AvgIpc) is 2.16. The van der Waals surface area contributed by atoms with Crippen LogP contribution in [0.5, 0.6) is 0 Å². The lowest BCUT2D eigenvalue weighted by Crippen LogP contribution is -2.34. The maximum Gasteiger partial charge on any atom is 0.132 e. The fourth-order valence-electron chi connectivity index (χ4n) is 1.84. The molecule has 1 aliphatic rings. The van der Waals surface area contributed by atoms with Gasteiger partial charge >= 0.3 is 0 Å². The van der Waals surface area contributed by atoms with Crippen molar-refractivity contribution < 1.29 is 0 Å². The Kier molecular flexibility index (Phi) is 3.21. The number of nitrogens with one attached hydrogen (secondary N) is 1. The average molecular weight is 205 g/mol. The molecule has 0 radical (unpaired) electrons. The Morgan fingerprint density at radius 1 is 1.47 bits per heavy atom. The standard InChI is InChI=1S/C12H19N3/c1-15(2)12-10(5-4-8-13-12)9-14-11-6-3-7-11/h4-5,8,11,14H,3,6-7,9H2,1-2H3. The molecule has 0 amide bonds. The third-order valence-corrected chi connectivity index (χ3v) is 2.98. The number of nitrogens with zero attached hydrogens (tertiary/aromatic N) is 2. The van der Waals surface area contributed by atoms with Gasteiger partial charge in [-0.05, 0) is 18.9 Å². The summed E-state index contributed by atoms with van der Waals surface area (Å²) in [6, 6.07) is 4.89. The summed E-state index contributed by atoms with van der Waals surface area (Å²) in [7, 11) is 4.07. The fraction of sp³-hybridized carbons (Fsp3) is 0.583. The van der Waals surface area contributed by atoms with Gasteiger partial charge in [0.2, 0.25) is 0 Å². The largest absolute Gasteiger partial charge is 0.362 e. The Labute approximate surface area is 91.5 Å². The van der Waals surface area contributed by atoms with E-state index >= 15 is 0 Å². The second kappa shape index (κ2) is 4.62. The van der Waals surface area contributed by atoms with E-state index in [1.165, 1.54) is 24.8 Å². The molecule has 0 spiro atoms. The van der Waals surface area contributed by atoms with Crippen molar-refractivity contribution in [1.82, 2.24) is 10.3 Å². The molecule has 2 rings (SSSR count). The zero-order chi connectivity index (χ0) is 10.7. The summed E-state index contributed by atoms with van der Waals surface area (Å²) >= 11 is 0. The van der Waals surface area contributed by atoms with Crippen LogP contribution in [0.4, 0.5) is 5.82 Å². The second-order valence-electron chi connectivity index (χ2n) is 4.39. The number of pyridine rings is 1. The van der Waals surface area contributed by atoms with Crippen LogP contribution in [0.25, 0.3) is 0 Å². The lowest BCUT2D eigenvalue weighted by molar-refractivity contribution is 0.338. The van der Waals surface area contributed by atoms with Gasteiger partial charge in [-0.15, -0.1) is 0 Å². The second-order valence-corrected chi connectivity index (χ2v) is 4.39. The lowest BCUT2D eigenvalue weighted by atomic mass is 9.93. The molecular formula is C12H19N3. The molecule has 0 atom stereocenters. The molecule has 0 aliphatic heterocycles. The van der Waals surface area contributed by atoms with Crippen LogP contribution in [-0.4, -0.2) is 25.1 Å². The maximum absolute atomic E-state index is 4.39. The molecule has 1 heterocycles. The lowest BCUT2D eigenvalue weighted by Gasteiger charge is -2.27. The predicted octanol–water partition coefficient (Wildman–Crippen LogP) is 1.79. The highest BCUT2D eigenvalue weighted by Crippen LogP contribution is 2.20. The monoisotopic (exact) mass is 205 g/mol. The van der Waals surface area contributed by atoms with Gasteiger partial charge in [0.25, 0.3) is 0 Å². The summed E-state index contributed by atoms with van der Waals surface area (Å²) in [4.78, 5) is 6.45. The van der Waals surface area contributed by atoms with Gasteiger partial charge in [-0.3, -0.25) is 0 Å². The molecule has 1 fully saturated rings. The fourth-order valence-corrected chi connectivity index (χ4v) is 1.84. The third kappa shape index (κ3) is 2.48. The topological polar surface area (TPSA) is 28.2 Å². The van der Waals surface area contributed by atoms with E-state index in [0.717, 1.165) is 18.4 Å². The maximum atomic E-state index is 4.39. The van der Waals surface area contributed by atoms with Crippen LogP contribution >= 0.6 is 0 Å². The van der Waals surface area contributed by atoms with E-state index < -0.39 is 0 Å². The first-order valence-corrected chi connectivity index (χ1v) is 5.62. The zero-order valence-corrected chi connectivity index (χ0v) is 9.53. The van der Waals surface area contributed by atoms with E-state index in [1.54, 1.807) is 0 Å². The van der Waals surface area contributed by atoms with Crippen molar-refractivity contribution in [3.63, 3.8) is 0 Å². The van der Waals surface area contributed by atoms with Crippen LogP contribution in [0.3, 0.4) is 0 Å². The first kappa shape index (κ1) is 10.4. The van der Waals surface area contributed by atoms with E-state index in [2.05, 4.69) is 21.3 Å². The zero-order valence-electron chi connectivity index (χ0n) is 9.53. The van der Waals surface area contributed by atoms with Gasteiger partial charge in [0.05, 0.1) is 0 Å². The van der Waals surface area contributed by atoms with Crippen molar-refractivity contribution in [2.24, 2.45) is 0 Å². The quantitative estimate of drug-likeness (QED) is 0.812. The van der Waals surface area contributed by atoms with Crippen LogP contribution in [0.2, 0.25) is 0 Å². The molecule has 1 N–H and O–H groups in total. The number of hydrogen-bond acceptors (Lipinski definition) is 3. The van der Waals surface area contributed by atoms with Gasteiger partial charge in [0.15, 0.2) is 0 Å². The molecule has 0 bridgehead atoms. The number of anilines is 1.